The van der Waals surface area contributed by atoms with E-state index < -0.39 is 6.09 Å². The van der Waals surface area contributed by atoms with Crippen molar-refractivity contribution in [2.45, 2.75) is 53.1 Å². The van der Waals surface area contributed by atoms with Gasteiger partial charge in [0.05, 0.1) is 31.7 Å². The Labute approximate surface area is 165 Å². The molecule has 2 heterocycles. The van der Waals surface area contributed by atoms with E-state index in [-0.39, 0.29) is 22.5 Å². The number of rotatable bonds is 3. The summed E-state index contributed by atoms with van der Waals surface area (Å²) in [5, 5.41) is 15.8. The van der Waals surface area contributed by atoms with Crippen LogP contribution in [-0.4, -0.2) is 41.7 Å². The fourth-order valence-electron chi connectivity index (χ4n) is 4.45. The van der Waals surface area contributed by atoms with Crippen molar-refractivity contribution in [3.8, 4) is 11.1 Å². The number of aryl methyl sites for hydroxylation is 2. The lowest BCUT2D eigenvalue weighted by atomic mass is 9.86. The number of carbonyl (C=O) groups is 2. The number of hydrogen-bond donors (Lipinski definition) is 0. The molecule has 0 fully saturated rings. The van der Waals surface area contributed by atoms with E-state index >= 15 is 0 Å². The molecule has 0 aliphatic carbocycles. The minimum Gasteiger partial charge on any atom is -0.530 e. The highest BCUT2D eigenvalue weighted by atomic mass is 16.5. The minimum absolute atomic E-state index is 0.0220. The van der Waals surface area contributed by atoms with E-state index in [0.29, 0.717) is 18.7 Å². The van der Waals surface area contributed by atoms with Gasteiger partial charge in [0.2, 0.25) is 0 Å². The van der Waals surface area contributed by atoms with Crippen LogP contribution in [0.3, 0.4) is 0 Å². The summed E-state index contributed by atoms with van der Waals surface area (Å²) in [7, 11) is 1.90. The Balaban J connectivity index is 2.26. The van der Waals surface area contributed by atoms with Gasteiger partial charge < -0.3 is 19.3 Å². The monoisotopic (exact) mass is 385 g/mol. The Morgan fingerprint density at radius 2 is 2.04 bits per heavy atom. The zero-order valence-electron chi connectivity index (χ0n) is 17.3. The molecule has 1 aromatic carbocycles. The van der Waals surface area contributed by atoms with Crippen LogP contribution in [0.25, 0.3) is 11.1 Å². The van der Waals surface area contributed by atoms with Crippen molar-refractivity contribution in [2.24, 2.45) is 0 Å². The normalized spacial score (nSPS) is 23.9. The average molecular weight is 385 g/mol. The van der Waals surface area contributed by atoms with E-state index in [1.54, 1.807) is 13.8 Å². The first-order valence-electron chi connectivity index (χ1n) is 9.55. The van der Waals surface area contributed by atoms with E-state index in [9.17, 15) is 14.7 Å². The van der Waals surface area contributed by atoms with E-state index in [0.717, 1.165) is 28.1 Å². The van der Waals surface area contributed by atoms with Crippen molar-refractivity contribution < 1.29 is 19.2 Å². The van der Waals surface area contributed by atoms with Gasteiger partial charge in [0.1, 0.15) is 17.5 Å². The van der Waals surface area contributed by atoms with Crippen LogP contribution >= 0.6 is 0 Å². The highest BCUT2D eigenvalue weighted by Crippen LogP contribution is 2.46. The van der Waals surface area contributed by atoms with Gasteiger partial charge in [0.25, 0.3) is 0 Å². The van der Waals surface area contributed by atoms with Gasteiger partial charge in [-0.15, -0.1) is 0 Å². The van der Waals surface area contributed by atoms with Gasteiger partial charge in [0.15, 0.2) is 0 Å². The highest BCUT2D eigenvalue weighted by molar-refractivity contribution is 5.89. The molecular weight excluding hydrogens is 358 g/mol. The molecule has 2 amide bonds. The van der Waals surface area contributed by atoms with Gasteiger partial charge in [-0.3, -0.25) is 0 Å². The number of benzene rings is 1. The first kappa shape index (κ1) is 20.1. The van der Waals surface area contributed by atoms with E-state index in [2.05, 4.69) is 5.16 Å². The second kappa shape index (κ2) is 7.05. The third-order valence-electron chi connectivity index (χ3n) is 6.26. The molecule has 3 rings (SSSR count). The summed E-state index contributed by atoms with van der Waals surface area (Å²) < 4.78 is 5.44. The molecular formula is C21H27N3O4. The number of amides is 2. The van der Waals surface area contributed by atoms with Crippen molar-refractivity contribution in [1.29, 1.82) is 0 Å². The lowest BCUT2D eigenvalue weighted by Gasteiger charge is -2.47. The lowest BCUT2D eigenvalue weighted by Crippen LogP contribution is -2.60. The predicted octanol–water partition coefficient (Wildman–Crippen LogP) is 2.94. The van der Waals surface area contributed by atoms with Crippen LogP contribution in [-0.2, 0) is 4.79 Å². The van der Waals surface area contributed by atoms with Crippen LogP contribution in [0.5, 0.6) is 0 Å². The molecule has 0 radical (unpaired) electrons. The van der Waals surface area contributed by atoms with Gasteiger partial charge in [-0.05, 0) is 45.4 Å². The zero-order valence-corrected chi connectivity index (χ0v) is 17.3. The quantitative estimate of drug-likeness (QED) is 0.758. The smallest absolute Gasteiger partial charge is 0.315 e. The number of carboxylic acid groups (broad SMARTS) is 1. The Morgan fingerprint density at radius 1 is 1.36 bits per heavy atom. The number of carbonyl (C=O) groups excluding carboxylic acids is 2. The van der Waals surface area contributed by atoms with Crippen LogP contribution in [0.15, 0.2) is 22.7 Å². The average Bonchev–Trinajstić information content (AvgIpc) is 2.97. The highest BCUT2D eigenvalue weighted by Gasteiger charge is 2.47. The second-order valence-corrected chi connectivity index (χ2v) is 7.72. The zero-order chi connectivity index (χ0) is 20.8. The van der Waals surface area contributed by atoms with Gasteiger partial charge in [-0.1, -0.05) is 5.16 Å². The second-order valence-electron chi connectivity index (χ2n) is 7.72. The molecule has 0 saturated carbocycles. The van der Waals surface area contributed by atoms with Crippen LogP contribution in [0.1, 0.15) is 50.3 Å². The first-order valence-corrected chi connectivity index (χ1v) is 9.55. The van der Waals surface area contributed by atoms with Crippen molar-refractivity contribution in [1.82, 2.24) is 14.5 Å². The fraction of sp³-hybridized carbons (Fsp3) is 0.476. The molecule has 1 aliphatic heterocycles. The summed E-state index contributed by atoms with van der Waals surface area (Å²) >= 11 is 0. The van der Waals surface area contributed by atoms with Crippen molar-refractivity contribution in [3.63, 3.8) is 0 Å². The van der Waals surface area contributed by atoms with Gasteiger partial charge in [-0.2, -0.15) is 0 Å². The number of quaternary nitrogens is 1. The van der Waals surface area contributed by atoms with Crippen LogP contribution < -0.4 is 9.59 Å². The van der Waals surface area contributed by atoms with Crippen molar-refractivity contribution in [2.75, 3.05) is 13.6 Å². The number of nitrogens with zero attached hydrogens (tertiary/aromatic N) is 3. The van der Waals surface area contributed by atoms with Gasteiger partial charge in [0, 0.05) is 30.2 Å². The molecule has 150 valence electrons. The summed E-state index contributed by atoms with van der Waals surface area (Å²) in [6.45, 7) is 9.41. The number of fused-ring (bicyclic) bond motifs is 1. The molecule has 28 heavy (non-hydrogen) atoms. The Morgan fingerprint density at radius 3 is 2.54 bits per heavy atom. The maximum Gasteiger partial charge on any atom is 0.315 e. The number of hydrogen-bond acceptors (Lipinski definition) is 5. The van der Waals surface area contributed by atoms with Crippen LogP contribution in [0.4, 0.5) is 10.5 Å². The molecule has 1 aromatic heterocycles. The summed E-state index contributed by atoms with van der Waals surface area (Å²) in [6.07, 6.45) is -0.664. The summed E-state index contributed by atoms with van der Waals surface area (Å²) in [4.78, 5) is 25.7. The Bertz CT molecular complexity index is 916. The molecule has 0 spiro atoms. The van der Waals surface area contributed by atoms with E-state index in [1.807, 2.05) is 46.0 Å². The van der Waals surface area contributed by atoms with E-state index in [4.69, 9.17) is 4.52 Å². The first-order chi connectivity index (χ1) is 13.1. The molecule has 0 N–H and O–H groups in total. The third-order valence-corrected chi connectivity index (χ3v) is 6.26. The van der Waals surface area contributed by atoms with Crippen LogP contribution in [0.2, 0.25) is 0 Å². The predicted molar refractivity (Wildman–Crippen MR) is 104 cm³/mol. The summed E-state index contributed by atoms with van der Waals surface area (Å²) in [5.41, 5.74) is 4.23. The molecule has 1 unspecified atom stereocenters. The summed E-state index contributed by atoms with van der Waals surface area (Å²) in [5.74, 6) is 0.725. The van der Waals surface area contributed by atoms with Crippen LogP contribution in [0, 0.1) is 13.8 Å². The lowest BCUT2D eigenvalue weighted by molar-refractivity contribution is -0.268. The maximum atomic E-state index is 12.6. The Hall–Kier alpha value is -2.67. The molecule has 7 heteroatoms. The molecule has 2 aromatic rings. The molecule has 7 nitrogen and oxygen atoms in total. The van der Waals surface area contributed by atoms with Crippen molar-refractivity contribution >= 4 is 17.7 Å². The maximum absolute atomic E-state index is 12.6. The molecule has 0 saturated heterocycles. The largest absolute Gasteiger partial charge is 0.530 e. The molecule has 0 bridgehead atoms. The fourth-order valence-corrected chi connectivity index (χ4v) is 4.45. The molecule has 3 atom stereocenters. The SMILES string of the molecule is CCN(C(=O)[O-])C1C[C@H](C)[N@+](C)(C(C)=O)c2ccc(-c3c(C)noc3C)cc21. The topological polar surface area (TPSA) is 86.5 Å². The minimum atomic E-state index is -1.20. The third kappa shape index (κ3) is 2.90. The number of aromatic nitrogens is 1. The standard InChI is InChI=1S/C21H27N3O4/c1-7-23(21(26)27)18-10-12(2)24(6,15(5)25)19-9-8-16(11-17(18)19)20-13(3)22-28-14(20)4/h8-9,11-12,18H,7,10H2,1-6H3/t12-,18?,24+/m0/s1. The Kier molecular flexibility index (Phi) is 5.06. The van der Waals surface area contributed by atoms with Gasteiger partial charge >= 0.3 is 5.91 Å². The van der Waals surface area contributed by atoms with E-state index in [1.165, 1.54) is 4.90 Å². The molecule has 1 aliphatic rings. The van der Waals surface area contributed by atoms with Crippen molar-refractivity contribution in [3.05, 3.63) is 35.2 Å². The summed E-state index contributed by atoms with van der Waals surface area (Å²) in [6, 6.07) is 5.43. The van der Waals surface area contributed by atoms with Gasteiger partial charge in [-0.25, -0.2) is 9.28 Å².